The maximum absolute atomic E-state index is 12.6. The molecule has 0 aliphatic carbocycles. The number of aryl methyl sites for hydroxylation is 1. The lowest BCUT2D eigenvalue weighted by atomic mass is 9.96. The Kier molecular flexibility index (Phi) is 7.33. The summed E-state index contributed by atoms with van der Waals surface area (Å²) in [6.07, 6.45) is 0.928. The number of nitrogens with two attached hydrogens (primary N) is 1. The van der Waals surface area contributed by atoms with Crippen LogP contribution in [-0.2, 0) is 11.8 Å². The molecule has 0 spiro atoms. The summed E-state index contributed by atoms with van der Waals surface area (Å²) in [5.74, 6) is 1.07. The first kappa shape index (κ1) is 25.3. The van der Waals surface area contributed by atoms with Gasteiger partial charge < -0.3 is 30.6 Å². The molecule has 0 saturated carbocycles. The molecule has 3 aromatic rings. The lowest BCUT2D eigenvalue weighted by molar-refractivity contribution is -0.122. The van der Waals surface area contributed by atoms with Gasteiger partial charge in [0.15, 0.2) is 12.4 Å². The van der Waals surface area contributed by atoms with Crippen molar-refractivity contribution in [2.24, 2.45) is 18.7 Å². The number of aromatic nitrogens is 2. The Hall–Kier alpha value is -3.81. The highest BCUT2D eigenvalue weighted by molar-refractivity contribution is 6.33. The number of amides is 1. The molecule has 1 fully saturated rings. The third-order valence-corrected chi connectivity index (χ3v) is 6.43. The van der Waals surface area contributed by atoms with Crippen LogP contribution in [0.3, 0.4) is 0 Å². The van der Waals surface area contributed by atoms with E-state index in [0.29, 0.717) is 46.0 Å². The van der Waals surface area contributed by atoms with Gasteiger partial charge in [-0.2, -0.15) is 0 Å². The quantitative estimate of drug-likeness (QED) is 0.437. The average Bonchev–Trinajstić information content (AvgIpc) is 2.85. The number of benzene rings is 1. The third-order valence-electron chi connectivity index (χ3n) is 6.14. The SMILES string of the molecule is [C-]#[N+]c1cc(Cl)c(Nc2ccc3c(c2)cc(OCC(=O)NC)c(=O)n3C)nc1N1CC(C)CC(N)C1. The minimum atomic E-state index is -0.342. The molecule has 11 heteroatoms. The molecule has 36 heavy (non-hydrogen) atoms. The molecule has 3 heterocycles. The monoisotopic (exact) mass is 509 g/mol. The van der Waals surface area contributed by atoms with Crippen molar-refractivity contribution in [1.82, 2.24) is 14.9 Å². The molecule has 0 bridgehead atoms. The summed E-state index contributed by atoms with van der Waals surface area (Å²) in [6.45, 7) is 10.8. The molecule has 2 aromatic heterocycles. The van der Waals surface area contributed by atoms with Crippen molar-refractivity contribution in [3.63, 3.8) is 0 Å². The van der Waals surface area contributed by atoms with E-state index in [1.165, 1.54) is 11.6 Å². The molecule has 10 nitrogen and oxygen atoms in total. The normalized spacial score (nSPS) is 17.5. The van der Waals surface area contributed by atoms with E-state index in [1.807, 2.05) is 17.0 Å². The summed E-state index contributed by atoms with van der Waals surface area (Å²) in [7, 11) is 3.14. The Morgan fingerprint density at radius 3 is 2.81 bits per heavy atom. The van der Waals surface area contributed by atoms with Gasteiger partial charge in [-0.1, -0.05) is 18.5 Å². The average molecular weight is 510 g/mol. The molecule has 2 atom stereocenters. The van der Waals surface area contributed by atoms with Crippen LogP contribution in [0.1, 0.15) is 13.3 Å². The highest BCUT2D eigenvalue weighted by Gasteiger charge is 2.26. The maximum atomic E-state index is 12.6. The van der Waals surface area contributed by atoms with Crippen molar-refractivity contribution in [2.45, 2.75) is 19.4 Å². The number of anilines is 3. The van der Waals surface area contributed by atoms with Gasteiger partial charge in [-0.15, -0.1) is 0 Å². The lowest BCUT2D eigenvalue weighted by Crippen LogP contribution is -2.46. The second kappa shape index (κ2) is 10.4. The number of nitrogens with one attached hydrogen (secondary N) is 2. The largest absolute Gasteiger partial charge is 0.478 e. The molecule has 1 aliphatic rings. The van der Waals surface area contributed by atoms with Crippen LogP contribution in [0.4, 0.5) is 23.0 Å². The van der Waals surface area contributed by atoms with Crippen molar-refractivity contribution in [1.29, 1.82) is 0 Å². The van der Waals surface area contributed by atoms with Gasteiger partial charge in [0.2, 0.25) is 5.69 Å². The second-order valence-electron chi connectivity index (χ2n) is 9.01. The fraction of sp³-hybridized carbons (Fsp3) is 0.360. The number of nitrogens with zero attached hydrogens (tertiary/aromatic N) is 4. The Morgan fingerprint density at radius 1 is 1.33 bits per heavy atom. The number of carbonyl (C=O) groups is 1. The van der Waals surface area contributed by atoms with E-state index in [1.54, 1.807) is 25.2 Å². The zero-order valence-electron chi connectivity index (χ0n) is 20.3. The fourth-order valence-electron chi connectivity index (χ4n) is 4.43. The number of likely N-dealkylation sites (N-methyl/N-ethyl adjacent to an activating group) is 1. The number of hydrogen-bond donors (Lipinski definition) is 3. The van der Waals surface area contributed by atoms with Gasteiger partial charge in [-0.05, 0) is 42.7 Å². The Balaban J connectivity index is 1.68. The number of pyridine rings is 2. The zero-order valence-corrected chi connectivity index (χ0v) is 21.1. The number of hydrogen-bond acceptors (Lipinski definition) is 7. The van der Waals surface area contributed by atoms with Gasteiger partial charge in [0.1, 0.15) is 11.6 Å². The molecule has 1 aromatic carbocycles. The van der Waals surface area contributed by atoms with E-state index in [4.69, 9.17) is 33.6 Å². The van der Waals surface area contributed by atoms with E-state index in [2.05, 4.69) is 22.4 Å². The van der Waals surface area contributed by atoms with E-state index >= 15 is 0 Å². The minimum Gasteiger partial charge on any atom is -0.478 e. The van der Waals surface area contributed by atoms with Crippen LogP contribution < -0.4 is 31.6 Å². The van der Waals surface area contributed by atoms with Crippen LogP contribution in [0.15, 0.2) is 35.1 Å². The molecule has 1 saturated heterocycles. The Bertz CT molecular complexity index is 1410. The predicted molar refractivity (Wildman–Crippen MR) is 142 cm³/mol. The number of rotatable bonds is 6. The summed E-state index contributed by atoms with van der Waals surface area (Å²) in [5.41, 5.74) is 7.63. The summed E-state index contributed by atoms with van der Waals surface area (Å²) in [5, 5.41) is 6.73. The molecule has 1 aliphatic heterocycles. The van der Waals surface area contributed by atoms with Crippen molar-refractivity contribution in [2.75, 3.05) is 37.0 Å². The van der Waals surface area contributed by atoms with Crippen LogP contribution in [0.5, 0.6) is 5.75 Å². The fourth-order valence-corrected chi connectivity index (χ4v) is 4.62. The summed E-state index contributed by atoms with van der Waals surface area (Å²) < 4.78 is 6.90. The van der Waals surface area contributed by atoms with Gasteiger partial charge in [-0.3, -0.25) is 9.59 Å². The van der Waals surface area contributed by atoms with Crippen molar-refractivity contribution >= 4 is 51.4 Å². The molecule has 4 rings (SSSR count). The summed E-state index contributed by atoms with van der Waals surface area (Å²) in [4.78, 5) is 34.6. The van der Waals surface area contributed by atoms with Gasteiger partial charge in [-0.25, -0.2) is 9.83 Å². The van der Waals surface area contributed by atoms with E-state index in [9.17, 15) is 9.59 Å². The first-order valence-corrected chi connectivity index (χ1v) is 11.9. The Morgan fingerprint density at radius 2 is 2.11 bits per heavy atom. The van der Waals surface area contributed by atoms with Crippen LogP contribution in [0.25, 0.3) is 15.7 Å². The van der Waals surface area contributed by atoms with Gasteiger partial charge in [0.25, 0.3) is 11.5 Å². The second-order valence-corrected chi connectivity index (χ2v) is 9.42. The molecule has 188 valence electrons. The molecule has 4 N–H and O–H groups in total. The van der Waals surface area contributed by atoms with E-state index in [-0.39, 0.29) is 29.9 Å². The highest BCUT2D eigenvalue weighted by atomic mass is 35.5. The van der Waals surface area contributed by atoms with Crippen molar-refractivity contribution < 1.29 is 9.53 Å². The standard InChI is InChI=1S/C25H28ClN7O3/c1-14-7-16(27)12-33(11-14)24-19(28-2)10-18(26)23(31-24)30-17-5-6-20-15(8-17)9-21(25(35)32(20)4)36-13-22(34)29-3/h5-6,8-10,14,16H,7,11-13,27H2,1,3-4H3,(H,29,34)(H,30,31). The van der Waals surface area contributed by atoms with E-state index < -0.39 is 0 Å². The molecule has 0 radical (unpaired) electrons. The zero-order chi connectivity index (χ0) is 26.0. The van der Waals surface area contributed by atoms with Gasteiger partial charge >= 0.3 is 0 Å². The van der Waals surface area contributed by atoms with Gasteiger partial charge in [0.05, 0.1) is 17.1 Å². The molecule has 2 unspecified atom stereocenters. The number of halogens is 1. The van der Waals surface area contributed by atoms with Gasteiger partial charge in [0, 0.05) is 44.3 Å². The van der Waals surface area contributed by atoms with E-state index in [0.717, 1.165) is 18.4 Å². The van der Waals surface area contributed by atoms with Crippen molar-refractivity contribution in [3.8, 4) is 5.75 Å². The number of carbonyl (C=O) groups excluding carboxylic acids is 1. The lowest BCUT2D eigenvalue weighted by Gasteiger charge is -2.36. The van der Waals surface area contributed by atoms with Crippen LogP contribution in [-0.4, -0.2) is 48.2 Å². The minimum absolute atomic E-state index is 0.00756. The highest BCUT2D eigenvalue weighted by Crippen LogP contribution is 2.37. The predicted octanol–water partition coefficient (Wildman–Crippen LogP) is 3.18. The first-order chi connectivity index (χ1) is 17.2. The smallest absolute Gasteiger partial charge is 0.293 e. The third kappa shape index (κ3) is 5.22. The number of ether oxygens (including phenoxy) is 1. The molecular weight excluding hydrogens is 482 g/mol. The van der Waals surface area contributed by atoms with Crippen LogP contribution >= 0.6 is 11.6 Å². The number of piperidine rings is 1. The number of fused-ring (bicyclic) bond motifs is 1. The van der Waals surface area contributed by atoms with Crippen LogP contribution in [0, 0.1) is 12.5 Å². The topological polar surface area (TPSA) is 119 Å². The maximum Gasteiger partial charge on any atom is 0.293 e. The summed E-state index contributed by atoms with van der Waals surface area (Å²) in [6, 6.07) is 8.67. The summed E-state index contributed by atoms with van der Waals surface area (Å²) >= 11 is 6.49. The Labute approximate surface area is 213 Å². The van der Waals surface area contributed by atoms with Crippen molar-refractivity contribution in [3.05, 3.63) is 57.1 Å². The molecule has 1 amide bonds. The molecular formula is C25H28ClN7O3. The first-order valence-electron chi connectivity index (χ1n) is 11.5. The van der Waals surface area contributed by atoms with Crippen LogP contribution in [0.2, 0.25) is 5.02 Å².